The van der Waals surface area contributed by atoms with Gasteiger partial charge in [0.25, 0.3) is 0 Å². The molecule has 0 unspecified atom stereocenters. The molecule has 7 heteroatoms. The molecule has 0 radical (unpaired) electrons. The predicted molar refractivity (Wildman–Crippen MR) is 65.2 cm³/mol. The smallest absolute Gasteiger partial charge is 0.250 e. The molecule has 0 aromatic carbocycles. The van der Waals surface area contributed by atoms with E-state index in [0.717, 1.165) is 37.3 Å². The second kappa shape index (κ2) is 5.14. The largest absolute Gasteiger partial charge is 0.317 e. The molecule has 0 atom stereocenters. The minimum Gasteiger partial charge on any atom is -0.317 e. The maximum Gasteiger partial charge on any atom is 0.250 e. The highest BCUT2D eigenvalue weighted by molar-refractivity contribution is 7.91. The molecule has 1 aromatic heterocycles. The summed E-state index contributed by atoms with van der Waals surface area (Å²) >= 11 is 1.00. The van der Waals surface area contributed by atoms with Crippen molar-refractivity contribution in [2.75, 3.05) is 13.1 Å². The van der Waals surface area contributed by atoms with E-state index in [9.17, 15) is 8.42 Å². The first-order valence-corrected chi connectivity index (χ1v) is 7.65. The van der Waals surface area contributed by atoms with Gasteiger partial charge in [-0.1, -0.05) is 0 Å². The van der Waals surface area contributed by atoms with Crippen molar-refractivity contribution in [1.82, 2.24) is 10.0 Å². The van der Waals surface area contributed by atoms with E-state index in [1.807, 2.05) is 6.07 Å². The van der Waals surface area contributed by atoms with E-state index < -0.39 is 10.0 Å². The SMILES string of the molecule is N#Cc1ccc(S(=O)(=O)NC2CCNCC2)s1. The van der Waals surface area contributed by atoms with Gasteiger partial charge in [0.2, 0.25) is 10.0 Å². The van der Waals surface area contributed by atoms with Gasteiger partial charge >= 0.3 is 0 Å². The van der Waals surface area contributed by atoms with Gasteiger partial charge in [-0.25, -0.2) is 13.1 Å². The number of nitriles is 1. The second-order valence-corrected chi connectivity index (χ2v) is 6.90. The van der Waals surface area contributed by atoms with Gasteiger partial charge < -0.3 is 5.32 Å². The zero-order chi connectivity index (χ0) is 12.3. The molecule has 1 fully saturated rings. The van der Waals surface area contributed by atoms with Crippen molar-refractivity contribution in [3.63, 3.8) is 0 Å². The summed E-state index contributed by atoms with van der Waals surface area (Å²) in [7, 11) is -3.46. The van der Waals surface area contributed by atoms with Crippen LogP contribution < -0.4 is 10.0 Å². The predicted octanol–water partition coefficient (Wildman–Crippen LogP) is 0.650. The van der Waals surface area contributed by atoms with Gasteiger partial charge in [0, 0.05) is 6.04 Å². The van der Waals surface area contributed by atoms with Gasteiger partial charge in [-0.2, -0.15) is 5.26 Å². The maximum absolute atomic E-state index is 12.0. The van der Waals surface area contributed by atoms with Crippen LogP contribution >= 0.6 is 11.3 Å². The van der Waals surface area contributed by atoms with Gasteiger partial charge in [-0.15, -0.1) is 11.3 Å². The summed E-state index contributed by atoms with van der Waals surface area (Å²) in [4.78, 5) is 0.413. The summed E-state index contributed by atoms with van der Waals surface area (Å²) in [6.45, 7) is 1.67. The average Bonchev–Trinajstić information content (AvgIpc) is 2.79. The van der Waals surface area contributed by atoms with E-state index in [1.165, 1.54) is 12.1 Å². The Morgan fingerprint density at radius 3 is 2.71 bits per heavy atom. The molecule has 0 bridgehead atoms. The van der Waals surface area contributed by atoms with Crippen molar-refractivity contribution in [3.05, 3.63) is 17.0 Å². The van der Waals surface area contributed by atoms with Gasteiger partial charge in [-0.05, 0) is 38.1 Å². The highest BCUT2D eigenvalue weighted by Crippen LogP contribution is 2.21. The number of hydrogen-bond acceptors (Lipinski definition) is 5. The molecule has 92 valence electrons. The Kier molecular flexibility index (Phi) is 3.79. The molecule has 0 amide bonds. The Morgan fingerprint density at radius 1 is 1.41 bits per heavy atom. The first-order valence-electron chi connectivity index (χ1n) is 5.35. The Hall–Kier alpha value is -0.940. The fourth-order valence-electron chi connectivity index (χ4n) is 1.74. The van der Waals surface area contributed by atoms with Crippen molar-refractivity contribution in [2.45, 2.75) is 23.1 Å². The molecule has 0 saturated carbocycles. The third kappa shape index (κ3) is 3.04. The summed E-state index contributed by atoms with van der Waals surface area (Å²) < 4.78 is 26.9. The monoisotopic (exact) mass is 271 g/mol. The number of piperidine rings is 1. The Balaban J connectivity index is 2.10. The number of hydrogen-bond donors (Lipinski definition) is 2. The Bertz CT molecular complexity index is 524. The molecule has 2 heterocycles. The Morgan fingerprint density at radius 2 is 2.12 bits per heavy atom. The molecule has 17 heavy (non-hydrogen) atoms. The van der Waals surface area contributed by atoms with Crippen LogP contribution in [-0.2, 0) is 10.0 Å². The van der Waals surface area contributed by atoms with Crippen LogP contribution in [0.5, 0.6) is 0 Å². The molecular formula is C10H13N3O2S2. The molecule has 0 aliphatic carbocycles. The van der Waals surface area contributed by atoms with Gasteiger partial charge in [0.1, 0.15) is 15.2 Å². The van der Waals surface area contributed by atoms with E-state index in [4.69, 9.17) is 5.26 Å². The molecule has 2 rings (SSSR count). The number of thiophene rings is 1. The van der Waals surface area contributed by atoms with Gasteiger partial charge in [-0.3, -0.25) is 0 Å². The van der Waals surface area contributed by atoms with Crippen molar-refractivity contribution in [1.29, 1.82) is 5.26 Å². The first kappa shape index (κ1) is 12.5. The minimum absolute atomic E-state index is 0.00566. The lowest BCUT2D eigenvalue weighted by Gasteiger charge is -2.23. The van der Waals surface area contributed by atoms with Crippen LogP contribution in [0.15, 0.2) is 16.3 Å². The van der Waals surface area contributed by atoms with Crippen LogP contribution in [-0.4, -0.2) is 27.5 Å². The second-order valence-electron chi connectivity index (χ2n) is 3.88. The van der Waals surface area contributed by atoms with Crippen molar-refractivity contribution >= 4 is 21.4 Å². The zero-order valence-electron chi connectivity index (χ0n) is 9.14. The molecular weight excluding hydrogens is 258 g/mol. The minimum atomic E-state index is -3.46. The van der Waals surface area contributed by atoms with Crippen LogP contribution in [0.25, 0.3) is 0 Å². The summed E-state index contributed by atoms with van der Waals surface area (Å²) in [5.74, 6) is 0. The number of rotatable bonds is 3. The fraction of sp³-hybridized carbons (Fsp3) is 0.500. The quantitative estimate of drug-likeness (QED) is 0.845. The standard InChI is InChI=1S/C10H13N3O2S2/c11-7-9-1-2-10(16-9)17(14,15)13-8-3-5-12-6-4-8/h1-2,8,12-13H,3-6H2. The molecule has 1 saturated heterocycles. The molecule has 5 nitrogen and oxygen atoms in total. The van der Waals surface area contributed by atoms with Crippen molar-refractivity contribution < 1.29 is 8.42 Å². The normalized spacial score (nSPS) is 17.8. The van der Waals surface area contributed by atoms with E-state index in [0.29, 0.717) is 4.88 Å². The van der Waals surface area contributed by atoms with Crippen LogP contribution in [0.2, 0.25) is 0 Å². The van der Waals surface area contributed by atoms with E-state index >= 15 is 0 Å². The lowest BCUT2D eigenvalue weighted by atomic mass is 10.1. The number of sulfonamides is 1. The third-order valence-corrected chi connectivity index (χ3v) is 5.62. The first-order chi connectivity index (χ1) is 8.12. The molecule has 2 N–H and O–H groups in total. The summed E-state index contributed by atoms with van der Waals surface area (Å²) in [6, 6.07) is 4.94. The fourth-order valence-corrected chi connectivity index (χ4v) is 4.17. The molecule has 0 spiro atoms. The molecule has 1 aromatic rings. The highest BCUT2D eigenvalue weighted by atomic mass is 32.2. The molecule has 1 aliphatic rings. The third-order valence-electron chi connectivity index (χ3n) is 2.62. The summed E-state index contributed by atoms with van der Waals surface area (Å²) in [5.41, 5.74) is 0. The van der Waals surface area contributed by atoms with Crippen molar-refractivity contribution in [3.8, 4) is 6.07 Å². The van der Waals surface area contributed by atoms with Gasteiger partial charge in [0.15, 0.2) is 0 Å². The maximum atomic E-state index is 12.0. The topological polar surface area (TPSA) is 82.0 Å². The van der Waals surface area contributed by atoms with Crippen LogP contribution in [0.4, 0.5) is 0 Å². The van der Waals surface area contributed by atoms with E-state index in [-0.39, 0.29) is 10.3 Å². The molecule has 1 aliphatic heterocycles. The summed E-state index contributed by atoms with van der Waals surface area (Å²) in [6.07, 6.45) is 1.60. The number of nitrogens with one attached hydrogen (secondary N) is 2. The highest BCUT2D eigenvalue weighted by Gasteiger charge is 2.22. The van der Waals surface area contributed by atoms with Crippen molar-refractivity contribution in [2.24, 2.45) is 0 Å². The van der Waals surface area contributed by atoms with Gasteiger partial charge in [0.05, 0.1) is 0 Å². The van der Waals surface area contributed by atoms with Crippen LogP contribution in [0, 0.1) is 11.3 Å². The van der Waals surface area contributed by atoms with E-state index in [1.54, 1.807) is 0 Å². The lowest BCUT2D eigenvalue weighted by molar-refractivity contribution is 0.427. The number of nitrogens with zero attached hydrogens (tertiary/aromatic N) is 1. The van der Waals surface area contributed by atoms with E-state index in [2.05, 4.69) is 10.0 Å². The Labute approximate surface area is 105 Å². The average molecular weight is 271 g/mol. The lowest BCUT2D eigenvalue weighted by Crippen LogP contribution is -2.42. The summed E-state index contributed by atoms with van der Waals surface area (Å²) in [5, 5.41) is 11.9. The zero-order valence-corrected chi connectivity index (χ0v) is 10.8. The van der Waals surface area contributed by atoms with Crippen LogP contribution in [0.3, 0.4) is 0 Å². The van der Waals surface area contributed by atoms with Crippen LogP contribution in [0.1, 0.15) is 17.7 Å².